The van der Waals surface area contributed by atoms with Crippen LogP contribution in [0.2, 0.25) is 0 Å². The molecule has 1 aromatic heterocycles. The van der Waals surface area contributed by atoms with Crippen LogP contribution >= 0.6 is 0 Å². The number of ether oxygens (including phenoxy) is 5. The molecule has 0 fully saturated rings. The van der Waals surface area contributed by atoms with Crippen molar-refractivity contribution in [3.63, 3.8) is 0 Å². The Morgan fingerprint density at radius 1 is 0.875 bits per heavy atom. The summed E-state index contributed by atoms with van der Waals surface area (Å²) in [5, 5.41) is -0.183. The van der Waals surface area contributed by atoms with Gasteiger partial charge in [0.15, 0.2) is 5.75 Å². The quantitative estimate of drug-likeness (QED) is 0.0478. The molecule has 0 radical (unpaired) electrons. The van der Waals surface area contributed by atoms with Gasteiger partial charge in [-0.25, -0.2) is 12.4 Å². The maximum Gasteiger partial charge on any atom is 0.534 e. The number of aromatic nitrogens is 1. The highest BCUT2D eigenvalue weighted by atomic mass is 32.2. The summed E-state index contributed by atoms with van der Waals surface area (Å²) in [7, 11) is -8.16. The number of halogens is 3. The largest absolute Gasteiger partial charge is 0.534 e. The van der Waals surface area contributed by atoms with Crippen LogP contribution in [0.5, 0.6) is 11.5 Å². The average Bonchev–Trinajstić information content (AvgIpc) is 3.43. The molecular formula is C31H32F3NO11S2. The number of nitrogens with zero attached hydrogens (tertiary/aromatic N) is 1. The van der Waals surface area contributed by atoms with Gasteiger partial charge in [-0.3, -0.25) is 0 Å². The second kappa shape index (κ2) is 15.5. The van der Waals surface area contributed by atoms with Gasteiger partial charge >= 0.3 is 15.6 Å². The lowest BCUT2D eigenvalue weighted by molar-refractivity contribution is -0.111. The average molecular weight is 716 g/mol. The molecule has 1 unspecified atom stereocenters. The number of fused-ring (bicyclic) bond motifs is 1. The van der Waals surface area contributed by atoms with E-state index < -0.39 is 56.1 Å². The summed E-state index contributed by atoms with van der Waals surface area (Å²) in [6.45, 7) is 0.00172. The normalized spacial score (nSPS) is 13.0. The molecule has 48 heavy (non-hydrogen) atoms. The van der Waals surface area contributed by atoms with Gasteiger partial charge in [0.2, 0.25) is 0 Å². The molecule has 260 valence electrons. The first-order valence-electron chi connectivity index (χ1n) is 14.0. The third-order valence-corrected chi connectivity index (χ3v) is 9.51. The minimum absolute atomic E-state index is 0.0192. The van der Waals surface area contributed by atoms with Gasteiger partial charge in [-0.2, -0.15) is 21.6 Å². The van der Waals surface area contributed by atoms with Crippen molar-refractivity contribution < 1.29 is 62.7 Å². The lowest BCUT2D eigenvalue weighted by atomic mass is 9.94. The molecule has 1 heterocycles. The third kappa shape index (κ3) is 8.16. The third-order valence-electron chi connectivity index (χ3n) is 6.87. The minimum Gasteiger partial charge on any atom is -0.487 e. The van der Waals surface area contributed by atoms with E-state index in [2.05, 4.69) is 4.18 Å². The van der Waals surface area contributed by atoms with Crippen LogP contribution in [-0.2, 0) is 57.1 Å². The molecule has 12 nitrogen and oxygen atoms in total. The van der Waals surface area contributed by atoms with Crippen molar-refractivity contribution in [3.05, 3.63) is 89.1 Å². The zero-order valence-corrected chi connectivity index (χ0v) is 27.6. The highest BCUT2D eigenvalue weighted by molar-refractivity contribution is 7.90. The predicted molar refractivity (Wildman–Crippen MR) is 165 cm³/mol. The first-order valence-corrected chi connectivity index (χ1v) is 16.9. The van der Waals surface area contributed by atoms with Crippen molar-refractivity contribution in [1.82, 2.24) is 3.97 Å². The van der Waals surface area contributed by atoms with Crippen LogP contribution in [0.15, 0.2) is 71.8 Å². The first kappa shape index (κ1) is 36.8. The summed E-state index contributed by atoms with van der Waals surface area (Å²) >= 11 is 0. The van der Waals surface area contributed by atoms with Crippen molar-refractivity contribution in [2.45, 2.75) is 36.5 Å². The van der Waals surface area contributed by atoms with E-state index in [1.54, 1.807) is 49.4 Å². The Kier molecular flexibility index (Phi) is 11.9. The van der Waals surface area contributed by atoms with E-state index in [-0.39, 0.29) is 47.3 Å². The molecule has 1 atom stereocenters. The van der Waals surface area contributed by atoms with Gasteiger partial charge in [0, 0.05) is 43.0 Å². The van der Waals surface area contributed by atoms with Crippen LogP contribution in [0.1, 0.15) is 28.2 Å². The van der Waals surface area contributed by atoms with Crippen molar-refractivity contribution in [1.29, 1.82) is 0 Å². The van der Waals surface area contributed by atoms with Gasteiger partial charge in [-0.15, -0.1) is 0 Å². The van der Waals surface area contributed by atoms with Crippen LogP contribution in [0.3, 0.4) is 0 Å². The van der Waals surface area contributed by atoms with Gasteiger partial charge in [-0.05, 0) is 24.6 Å². The fraction of sp³-hybridized carbons (Fsp3) is 0.323. The number of benzene rings is 3. The molecule has 0 aliphatic carbocycles. The lowest BCUT2D eigenvalue weighted by Crippen LogP contribution is -2.29. The Labute approximate surface area is 275 Å². The number of carbonyl (C=O) groups excluding carboxylic acids is 1. The fourth-order valence-corrected chi connectivity index (χ4v) is 6.57. The molecule has 0 saturated carbocycles. The lowest BCUT2D eigenvalue weighted by Gasteiger charge is -2.21. The number of alkyl halides is 3. The summed E-state index contributed by atoms with van der Waals surface area (Å²) in [5.74, 6) is -2.82. The molecule has 4 rings (SSSR count). The van der Waals surface area contributed by atoms with Gasteiger partial charge < -0.3 is 32.7 Å². The number of aldehydes is 1. The maximum atomic E-state index is 14.2. The highest BCUT2D eigenvalue weighted by Gasteiger charge is 2.49. The Balaban J connectivity index is 2.13. The van der Waals surface area contributed by atoms with E-state index in [1.807, 2.05) is 0 Å². The Bertz CT molecular complexity index is 1930. The second-order valence-electron chi connectivity index (χ2n) is 10.3. The smallest absolute Gasteiger partial charge is 0.487 e. The zero-order chi connectivity index (χ0) is 35.1. The van der Waals surface area contributed by atoms with Crippen LogP contribution in [0.4, 0.5) is 13.2 Å². The van der Waals surface area contributed by atoms with E-state index >= 15 is 0 Å². The van der Waals surface area contributed by atoms with Crippen molar-refractivity contribution in [3.8, 4) is 11.5 Å². The van der Waals surface area contributed by atoms with Gasteiger partial charge in [-0.1, -0.05) is 48.0 Å². The van der Waals surface area contributed by atoms with Crippen LogP contribution in [-0.4, -0.2) is 67.0 Å². The first-order chi connectivity index (χ1) is 22.7. The van der Waals surface area contributed by atoms with E-state index in [1.165, 1.54) is 26.4 Å². The van der Waals surface area contributed by atoms with E-state index in [4.69, 9.17) is 23.7 Å². The number of methoxy groups -OCH3 is 2. The number of aryl methyl sites for hydroxylation is 1. The molecule has 3 aromatic carbocycles. The Hall–Kier alpha value is -4.00. The monoisotopic (exact) mass is 715 g/mol. The van der Waals surface area contributed by atoms with E-state index in [0.29, 0.717) is 11.8 Å². The molecule has 0 N–H and O–H groups in total. The molecule has 0 aliphatic rings. The molecule has 4 aromatic rings. The van der Waals surface area contributed by atoms with Gasteiger partial charge in [0.25, 0.3) is 10.0 Å². The van der Waals surface area contributed by atoms with Crippen molar-refractivity contribution in [2.24, 2.45) is 0 Å². The summed E-state index contributed by atoms with van der Waals surface area (Å²) in [6.07, 6.45) is 1.45. The van der Waals surface area contributed by atoms with Gasteiger partial charge in [0.1, 0.15) is 37.7 Å². The standard InChI is InChI=1S/C31H32F3NO11S2/c1-21-9-11-25(12-10-21)47(37,38)35-14-23(17-43-19-41-2)29-28(24(15-36)18-44-20-42-3)26(46-48(39,40)31(32,33)34)13-27(30(29)35)45-16-22-7-5-4-6-8-22/h4-15,24H,16-20H2,1-3H3. The molecule has 0 amide bonds. The molecule has 0 saturated heterocycles. The molecule has 0 spiro atoms. The molecule has 17 heteroatoms. The van der Waals surface area contributed by atoms with Crippen LogP contribution in [0, 0.1) is 6.92 Å². The Morgan fingerprint density at radius 3 is 2.12 bits per heavy atom. The summed E-state index contributed by atoms with van der Waals surface area (Å²) < 4.78 is 126. The SMILES string of the molecule is COCOCc1cn(S(=O)(=O)c2ccc(C)cc2)c2c(OCc3ccccc3)cc(OS(=O)(=O)C(F)(F)F)c(C(C=O)COCOC)c12. The minimum atomic E-state index is -6.31. The molecular weight excluding hydrogens is 683 g/mol. The van der Waals surface area contributed by atoms with Crippen molar-refractivity contribution in [2.75, 3.05) is 34.4 Å². The zero-order valence-electron chi connectivity index (χ0n) is 25.9. The predicted octanol–water partition coefficient (Wildman–Crippen LogP) is 5.02. The Morgan fingerprint density at radius 2 is 1.52 bits per heavy atom. The molecule has 0 bridgehead atoms. The van der Waals surface area contributed by atoms with E-state index in [0.717, 1.165) is 21.8 Å². The number of hydrogen-bond donors (Lipinski definition) is 0. The maximum absolute atomic E-state index is 14.2. The topological polar surface area (TPSA) is 146 Å². The van der Waals surface area contributed by atoms with Crippen LogP contribution < -0.4 is 8.92 Å². The molecule has 0 aliphatic heterocycles. The van der Waals surface area contributed by atoms with Crippen LogP contribution in [0.25, 0.3) is 10.9 Å². The number of carbonyl (C=O) groups is 1. The summed E-state index contributed by atoms with van der Waals surface area (Å²) in [5.41, 5.74) is -5.14. The number of hydrogen-bond acceptors (Lipinski definition) is 11. The van der Waals surface area contributed by atoms with Crippen molar-refractivity contribution >= 4 is 37.3 Å². The second-order valence-corrected chi connectivity index (χ2v) is 13.7. The van der Waals surface area contributed by atoms with E-state index in [9.17, 15) is 34.8 Å². The fourth-order valence-electron chi connectivity index (χ4n) is 4.71. The summed E-state index contributed by atoms with van der Waals surface area (Å²) in [6, 6.07) is 15.2. The summed E-state index contributed by atoms with van der Waals surface area (Å²) in [4.78, 5) is 12.4. The van der Waals surface area contributed by atoms with Gasteiger partial charge in [0.05, 0.1) is 24.0 Å². The highest BCUT2D eigenvalue weighted by Crippen LogP contribution is 2.45. The number of rotatable bonds is 17.